The summed E-state index contributed by atoms with van der Waals surface area (Å²) in [4.78, 5) is 12.9. The van der Waals surface area contributed by atoms with Crippen molar-refractivity contribution in [2.75, 3.05) is 29.0 Å². The molecule has 0 aliphatic carbocycles. The van der Waals surface area contributed by atoms with Gasteiger partial charge in [-0.2, -0.15) is 16.9 Å². The van der Waals surface area contributed by atoms with Crippen LogP contribution < -0.4 is 19.2 Å². The van der Waals surface area contributed by atoms with E-state index in [4.69, 9.17) is 9.47 Å². The Hall–Kier alpha value is -3.50. The molecule has 0 saturated carbocycles. The van der Waals surface area contributed by atoms with Gasteiger partial charge in [0.1, 0.15) is 24.1 Å². The maximum atomic E-state index is 13.5. The molecule has 188 valence electrons. The second-order valence-corrected chi connectivity index (χ2v) is 10.8. The maximum absolute atomic E-state index is 13.5. The Kier molecular flexibility index (Phi) is 8.50. The molecule has 8 nitrogen and oxygen atoms in total. The fraction of sp³-hybridized carbons (Fsp3) is 0.231. The highest BCUT2D eigenvalue weighted by Gasteiger charge is 2.29. The standard InChI is InChI=1S/C26H27N3O5S2/c1-2-33-25-11-7-6-10-24(25)29(36(31,32)23-8-4-3-5-9-23)17-26(30)28-27-16-20-12-14-21(15-13-20)34-22-18-35-19-22/h3-16,22H,2,17-19H2,1H3,(H,28,30)/b27-16+. The first-order chi connectivity index (χ1) is 17.5. The number of benzene rings is 3. The van der Waals surface area contributed by atoms with Crippen molar-refractivity contribution in [3.8, 4) is 11.5 Å². The molecule has 1 N–H and O–H groups in total. The van der Waals surface area contributed by atoms with Crippen molar-refractivity contribution in [3.05, 3.63) is 84.4 Å². The fourth-order valence-electron chi connectivity index (χ4n) is 3.41. The summed E-state index contributed by atoms with van der Waals surface area (Å²) >= 11 is 1.85. The summed E-state index contributed by atoms with van der Waals surface area (Å²) < 4.78 is 39.5. The van der Waals surface area contributed by atoms with Gasteiger partial charge in [-0.15, -0.1) is 0 Å². The van der Waals surface area contributed by atoms with Gasteiger partial charge in [0.2, 0.25) is 0 Å². The SMILES string of the molecule is CCOc1ccccc1N(CC(=O)N/N=C/c1ccc(OC2CSC2)cc1)S(=O)(=O)c1ccccc1. The van der Waals surface area contributed by atoms with Crippen LogP contribution in [0, 0.1) is 0 Å². The molecular formula is C26H27N3O5S2. The highest BCUT2D eigenvalue weighted by molar-refractivity contribution is 8.00. The van der Waals surface area contributed by atoms with Crippen LogP contribution in [0.3, 0.4) is 0 Å². The van der Waals surface area contributed by atoms with Crippen molar-refractivity contribution in [1.29, 1.82) is 0 Å². The maximum Gasteiger partial charge on any atom is 0.264 e. The molecule has 10 heteroatoms. The van der Waals surface area contributed by atoms with Crippen molar-refractivity contribution in [2.45, 2.75) is 17.9 Å². The van der Waals surface area contributed by atoms with Crippen LogP contribution in [0.5, 0.6) is 11.5 Å². The molecule has 0 bridgehead atoms. The summed E-state index contributed by atoms with van der Waals surface area (Å²) in [6, 6.07) is 22.0. The first-order valence-corrected chi connectivity index (χ1v) is 14.0. The van der Waals surface area contributed by atoms with E-state index < -0.39 is 22.5 Å². The predicted molar refractivity (Wildman–Crippen MR) is 143 cm³/mol. The average Bonchev–Trinajstić information content (AvgIpc) is 2.87. The molecule has 1 amide bonds. The predicted octanol–water partition coefficient (Wildman–Crippen LogP) is 3.93. The molecular weight excluding hydrogens is 498 g/mol. The Morgan fingerprint density at radius 2 is 1.75 bits per heavy atom. The van der Waals surface area contributed by atoms with E-state index >= 15 is 0 Å². The first-order valence-electron chi connectivity index (χ1n) is 11.4. The van der Waals surface area contributed by atoms with Gasteiger partial charge in [-0.1, -0.05) is 30.3 Å². The van der Waals surface area contributed by atoms with Crippen molar-refractivity contribution in [1.82, 2.24) is 5.43 Å². The summed E-state index contributed by atoms with van der Waals surface area (Å²) in [5.41, 5.74) is 3.45. The van der Waals surface area contributed by atoms with Gasteiger partial charge in [0.05, 0.1) is 23.4 Å². The number of hydrogen-bond donors (Lipinski definition) is 1. The molecule has 4 rings (SSSR count). The van der Waals surface area contributed by atoms with Gasteiger partial charge in [-0.25, -0.2) is 13.8 Å². The molecule has 0 atom stereocenters. The lowest BCUT2D eigenvalue weighted by Gasteiger charge is -2.25. The van der Waals surface area contributed by atoms with Gasteiger partial charge in [-0.05, 0) is 61.0 Å². The Morgan fingerprint density at radius 3 is 2.42 bits per heavy atom. The lowest BCUT2D eigenvalue weighted by Crippen LogP contribution is -2.39. The zero-order valence-corrected chi connectivity index (χ0v) is 21.4. The van der Waals surface area contributed by atoms with E-state index in [0.29, 0.717) is 12.4 Å². The minimum atomic E-state index is -4.05. The van der Waals surface area contributed by atoms with Gasteiger partial charge in [0, 0.05) is 11.5 Å². The largest absolute Gasteiger partial charge is 0.492 e. The first kappa shape index (κ1) is 25.6. The van der Waals surface area contributed by atoms with E-state index in [0.717, 1.165) is 27.1 Å². The monoisotopic (exact) mass is 525 g/mol. The van der Waals surface area contributed by atoms with Crippen LogP contribution in [0.1, 0.15) is 12.5 Å². The summed E-state index contributed by atoms with van der Waals surface area (Å²) in [6.07, 6.45) is 1.75. The molecule has 1 heterocycles. The Bertz CT molecular complexity index is 1290. The third-order valence-corrected chi connectivity index (χ3v) is 8.23. The molecule has 1 aliphatic heterocycles. The van der Waals surface area contributed by atoms with Gasteiger partial charge >= 0.3 is 0 Å². The molecule has 0 radical (unpaired) electrons. The van der Waals surface area contributed by atoms with Crippen LogP contribution in [0.4, 0.5) is 5.69 Å². The second kappa shape index (κ2) is 12.0. The third kappa shape index (κ3) is 6.38. The molecule has 1 fully saturated rings. The Balaban J connectivity index is 1.48. The highest BCUT2D eigenvalue weighted by atomic mass is 32.2. The number of nitrogens with one attached hydrogen (secondary N) is 1. The van der Waals surface area contributed by atoms with Gasteiger partial charge in [-0.3, -0.25) is 9.10 Å². The quantitative estimate of drug-likeness (QED) is 0.301. The minimum Gasteiger partial charge on any atom is -0.492 e. The number of para-hydroxylation sites is 2. The van der Waals surface area contributed by atoms with E-state index in [2.05, 4.69) is 10.5 Å². The molecule has 3 aromatic carbocycles. The van der Waals surface area contributed by atoms with Crippen LogP contribution in [-0.2, 0) is 14.8 Å². The number of anilines is 1. The van der Waals surface area contributed by atoms with E-state index in [1.165, 1.54) is 18.3 Å². The summed E-state index contributed by atoms with van der Waals surface area (Å²) in [5, 5.41) is 4.00. The summed E-state index contributed by atoms with van der Waals surface area (Å²) in [6.45, 7) is 1.67. The van der Waals surface area contributed by atoms with Crippen LogP contribution >= 0.6 is 11.8 Å². The number of ether oxygens (including phenoxy) is 2. The Morgan fingerprint density at radius 1 is 1.06 bits per heavy atom. The zero-order valence-electron chi connectivity index (χ0n) is 19.7. The number of carbonyl (C=O) groups excluding carboxylic acids is 1. The number of sulfonamides is 1. The molecule has 36 heavy (non-hydrogen) atoms. The van der Waals surface area contributed by atoms with E-state index in [1.54, 1.807) is 49.4 Å². The van der Waals surface area contributed by atoms with Crippen molar-refractivity contribution in [3.63, 3.8) is 0 Å². The zero-order chi connectivity index (χ0) is 25.4. The topological polar surface area (TPSA) is 97.3 Å². The number of rotatable bonds is 11. The van der Waals surface area contributed by atoms with Crippen LogP contribution in [0.25, 0.3) is 0 Å². The highest BCUT2D eigenvalue weighted by Crippen LogP contribution is 2.32. The molecule has 0 unspecified atom stereocenters. The minimum absolute atomic E-state index is 0.0652. The average molecular weight is 526 g/mol. The van der Waals surface area contributed by atoms with Crippen molar-refractivity contribution in [2.24, 2.45) is 5.10 Å². The number of hydrazone groups is 1. The van der Waals surface area contributed by atoms with Crippen molar-refractivity contribution >= 4 is 39.6 Å². The molecule has 0 spiro atoms. The van der Waals surface area contributed by atoms with Crippen LogP contribution in [0.2, 0.25) is 0 Å². The van der Waals surface area contributed by atoms with Crippen molar-refractivity contribution < 1.29 is 22.7 Å². The van der Waals surface area contributed by atoms with E-state index in [9.17, 15) is 13.2 Å². The number of amides is 1. The van der Waals surface area contributed by atoms with E-state index in [1.807, 2.05) is 36.0 Å². The van der Waals surface area contributed by atoms with Gasteiger partial charge in [0.25, 0.3) is 15.9 Å². The lowest BCUT2D eigenvalue weighted by atomic mass is 10.2. The fourth-order valence-corrected chi connectivity index (χ4v) is 5.43. The van der Waals surface area contributed by atoms with Gasteiger partial charge < -0.3 is 9.47 Å². The van der Waals surface area contributed by atoms with Crippen LogP contribution in [-0.4, -0.2) is 51.3 Å². The Labute approximate surface area is 215 Å². The second-order valence-electron chi connectivity index (χ2n) is 7.87. The molecule has 3 aromatic rings. The lowest BCUT2D eigenvalue weighted by molar-refractivity contribution is -0.119. The molecule has 1 saturated heterocycles. The van der Waals surface area contributed by atoms with E-state index in [-0.39, 0.29) is 16.7 Å². The number of hydrogen-bond acceptors (Lipinski definition) is 7. The smallest absolute Gasteiger partial charge is 0.264 e. The normalized spacial score (nSPS) is 13.7. The summed E-state index contributed by atoms with van der Waals surface area (Å²) in [5.74, 6) is 2.55. The molecule has 1 aliphatic rings. The van der Waals surface area contributed by atoms with Gasteiger partial charge in [0.15, 0.2) is 0 Å². The third-order valence-electron chi connectivity index (χ3n) is 5.25. The number of thioether (sulfide) groups is 1. The number of nitrogens with zero attached hydrogens (tertiary/aromatic N) is 2. The molecule has 0 aromatic heterocycles. The number of carbonyl (C=O) groups is 1. The summed E-state index contributed by atoms with van der Waals surface area (Å²) in [7, 11) is -4.05. The van der Waals surface area contributed by atoms with Crippen LogP contribution in [0.15, 0.2) is 88.9 Å².